The number of nitrogens with zero attached hydrogens (tertiary/aromatic N) is 1. The largest absolute Gasteiger partial charge is 0.460 e. The fourth-order valence-electron chi connectivity index (χ4n) is 5.26. The molecule has 1 rings (SSSR count). The lowest BCUT2D eigenvalue weighted by Gasteiger charge is -2.19. The van der Waals surface area contributed by atoms with Crippen molar-refractivity contribution in [3.63, 3.8) is 0 Å². The summed E-state index contributed by atoms with van der Waals surface area (Å²) in [7, 11) is 0. The monoisotopic (exact) mass is 741 g/mol. The minimum absolute atomic E-state index is 0.0204. The summed E-state index contributed by atoms with van der Waals surface area (Å²) < 4.78 is 21.8. The minimum Gasteiger partial charge on any atom is -0.460 e. The summed E-state index contributed by atoms with van der Waals surface area (Å²) in [4.78, 5) is 74.9. The van der Waals surface area contributed by atoms with E-state index >= 15 is 0 Å². The third kappa shape index (κ3) is 28.5. The maximum Gasteiger partial charge on any atom is 0.333 e. The average Bonchev–Trinajstić information content (AvgIpc) is 3.40. The van der Waals surface area contributed by atoms with Crippen LogP contribution in [-0.2, 0) is 52.6 Å². The zero-order valence-corrected chi connectivity index (χ0v) is 32.2. The van der Waals surface area contributed by atoms with E-state index in [1.54, 1.807) is 0 Å². The second kappa shape index (κ2) is 30.4. The lowest BCUT2D eigenvalue weighted by atomic mass is 10.0. The molecule has 2 N–H and O–H groups in total. The van der Waals surface area contributed by atoms with Crippen LogP contribution in [0.15, 0.2) is 0 Å². The number of amides is 4. The smallest absolute Gasteiger partial charge is 0.333 e. The van der Waals surface area contributed by atoms with Gasteiger partial charge in [-0.15, -0.1) is 5.06 Å². The molecule has 0 aromatic carbocycles. The molecule has 14 nitrogen and oxygen atoms in total. The van der Waals surface area contributed by atoms with Crippen LogP contribution in [0.25, 0.3) is 0 Å². The third-order valence-corrected chi connectivity index (χ3v) is 8.03. The molecule has 0 bridgehead atoms. The Morgan fingerprint density at radius 2 is 0.923 bits per heavy atom. The van der Waals surface area contributed by atoms with E-state index in [9.17, 15) is 28.8 Å². The molecular weight excluding hydrogens is 674 g/mol. The molecule has 0 atom stereocenters. The molecule has 1 heterocycles. The highest BCUT2D eigenvalue weighted by Crippen LogP contribution is 2.15. The van der Waals surface area contributed by atoms with Crippen molar-refractivity contribution in [2.75, 3.05) is 52.7 Å². The highest BCUT2D eigenvalue weighted by Gasteiger charge is 2.32. The number of unbranched alkanes of at least 4 members (excludes halogenated alkanes) is 11. The Labute approximate surface area is 311 Å². The number of hydrogen-bond donors (Lipinski definition) is 2. The molecule has 0 radical (unpaired) electrons. The Morgan fingerprint density at radius 3 is 1.38 bits per heavy atom. The fraction of sp³-hybridized carbons (Fsp3) is 0.842. The van der Waals surface area contributed by atoms with E-state index < -0.39 is 23.4 Å². The molecule has 14 heteroatoms. The molecule has 1 aliphatic rings. The summed E-state index contributed by atoms with van der Waals surface area (Å²) >= 11 is 0. The van der Waals surface area contributed by atoms with E-state index in [1.807, 2.05) is 20.8 Å². The van der Waals surface area contributed by atoms with Crippen LogP contribution in [0.1, 0.15) is 149 Å². The number of nitrogens with one attached hydrogen (secondary N) is 2. The molecule has 52 heavy (non-hydrogen) atoms. The first-order valence-electron chi connectivity index (χ1n) is 19.5. The summed E-state index contributed by atoms with van der Waals surface area (Å²) in [5, 5.41) is 6.10. The Kier molecular flexibility index (Phi) is 27.4. The van der Waals surface area contributed by atoms with Crippen molar-refractivity contribution in [3.8, 4) is 0 Å². The van der Waals surface area contributed by atoms with Gasteiger partial charge < -0.3 is 34.4 Å². The quantitative estimate of drug-likeness (QED) is 0.0511. The number of hydroxylamine groups is 2. The Hall–Kier alpha value is -3.10. The van der Waals surface area contributed by atoms with E-state index in [1.165, 1.54) is 51.4 Å². The predicted molar refractivity (Wildman–Crippen MR) is 195 cm³/mol. The second-order valence-electron chi connectivity index (χ2n) is 14.1. The van der Waals surface area contributed by atoms with Gasteiger partial charge in [0.1, 0.15) is 5.60 Å². The van der Waals surface area contributed by atoms with Crippen molar-refractivity contribution >= 4 is 35.6 Å². The molecule has 1 fully saturated rings. The highest BCUT2D eigenvalue weighted by molar-refractivity contribution is 6.01. The van der Waals surface area contributed by atoms with Crippen LogP contribution in [0.4, 0.5) is 0 Å². The van der Waals surface area contributed by atoms with Gasteiger partial charge >= 0.3 is 11.9 Å². The van der Waals surface area contributed by atoms with Gasteiger partial charge in [0, 0.05) is 58.4 Å². The van der Waals surface area contributed by atoms with E-state index in [2.05, 4.69) is 10.6 Å². The standard InChI is InChI=1S/C38H67N3O11/c1-38(2,3)51-36(46)19-15-13-11-9-7-5-4-6-8-10-12-14-18-32(42)39-24-16-26-48-28-30-50-31-29-49-27-17-25-40-33(43)20-23-37(47)52-41-34(44)21-22-35(41)45/h4-31H2,1-3H3,(H,39,42)(H,40,43). The van der Waals surface area contributed by atoms with Crippen molar-refractivity contribution in [2.45, 2.75) is 155 Å². The van der Waals surface area contributed by atoms with Crippen LogP contribution < -0.4 is 10.6 Å². The van der Waals surface area contributed by atoms with Gasteiger partial charge in [-0.2, -0.15) is 0 Å². The van der Waals surface area contributed by atoms with Crippen LogP contribution in [0.3, 0.4) is 0 Å². The molecule has 0 spiro atoms. The van der Waals surface area contributed by atoms with Gasteiger partial charge in [0.05, 0.1) is 32.8 Å². The fourth-order valence-corrected chi connectivity index (χ4v) is 5.26. The van der Waals surface area contributed by atoms with Crippen molar-refractivity contribution in [1.82, 2.24) is 15.7 Å². The second-order valence-corrected chi connectivity index (χ2v) is 14.1. The van der Waals surface area contributed by atoms with Gasteiger partial charge in [-0.05, 0) is 46.5 Å². The maximum atomic E-state index is 12.0. The van der Waals surface area contributed by atoms with Crippen LogP contribution in [0.2, 0.25) is 0 Å². The van der Waals surface area contributed by atoms with Crippen LogP contribution in [0.5, 0.6) is 0 Å². The van der Waals surface area contributed by atoms with Crippen molar-refractivity contribution in [2.24, 2.45) is 0 Å². The summed E-state index contributed by atoms with van der Waals surface area (Å²) in [5.41, 5.74) is -0.393. The van der Waals surface area contributed by atoms with Crippen LogP contribution >= 0.6 is 0 Å². The SMILES string of the molecule is CC(C)(C)OC(=O)CCCCCCCCCCCCCCC(=O)NCCCOCCOCCOCCCNC(=O)CCC(=O)ON1C(=O)CCC1=O. The number of esters is 1. The molecule has 1 aliphatic heterocycles. The van der Waals surface area contributed by atoms with E-state index in [4.69, 9.17) is 23.8 Å². The van der Waals surface area contributed by atoms with Crippen molar-refractivity contribution < 1.29 is 52.6 Å². The summed E-state index contributed by atoms with van der Waals surface area (Å²) in [5.74, 6) is -2.24. The average molecular weight is 742 g/mol. The molecule has 0 aromatic rings. The molecule has 1 saturated heterocycles. The number of rotatable bonds is 33. The number of hydrogen-bond acceptors (Lipinski definition) is 11. The predicted octanol–water partition coefficient (Wildman–Crippen LogP) is 5.24. The molecule has 0 aromatic heterocycles. The van der Waals surface area contributed by atoms with Gasteiger partial charge in [-0.3, -0.25) is 24.0 Å². The summed E-state index contributed by atoms with van der Waals surface area (Å²) in [6.45, 7) is 9.46. The number of carbonyl (C=O) groups is 6. The van der Waals surface area contributed by atoms with Crippen molar-refractivity contribution in [3.05, 3.63) is 0 Å². The molecule has 0 unspecified atom stereocenters. The summed E-state index contributed by atoms with van der Waals surface area (Å²) in [6.07, 6.45) is 16.1. The Balaban J connectivity index is 1.75. The highest BCUT2D eigenvalue weighted by atomic mass is 16.7. The maximum absolute atomic E-state index is 12.0. The van der Waals surface area contributed by atoms with Crippen LogP contribution in [-0.4, -0.2) is 99.0 Å². The zero-order valence-electron chi connectivity index (χ0n) is 32.2. The molecule has 300 valence electrons. The minimum atomic E-state index is -0.805. The normalized spacial score (nSPS) is 13.0. The van der Waals surface area contributed by atoms with Gasteiger partial charge in [-0.25, -0.2) is 4.79 Å². The Bertz CT molecular complexity index is 1020. The molecule has 0 saturated carbocycles. The van der Waals surface area contributed by atoms with Crippen LogP contribution in [0, 0.1) is 0 Å². The van der Waals surface area contributed by atoms with Crippen molar-refractivity contribution in [1.29, 1.82) is 0 Å². The van der Waals surface area contributed by atoms with E-state index in [-0.39, 0.29) is 43.5 Å². The number of imide groups is 1. The molecule has 4 amide bonds. The molecule has 0 aliphatic carbocycles. The lowest BCUT2D eigenvalue weighted by Crippen LogP contribution is -2.32. The van der Waals surface area contributed by atoms with Gasteiger partial charge in [0.2, 0.25) is 11.8 Å². The van der Waals surface area contributed by atoms with Gasteiger partial charge in [0.15, 0.2) is 0 Å². The summed E-state index contributed by atoms with van der Waals surface area (Å²) in [6, 6.07) is 0. The Morgan fingerprint density at radius 1 is 0.519 bits per heavy atom. The van der Waals surface area contributed by atoms with Gasteiger partial charge in [-0.1, -0.05) is 64.2 Å². The number of ether oxygens (including phenoxy) is 4. The van der Waals surface area contributed by atoms with Gasteiger partial charge in [0.25, 0.3) is 11.8 Å². The zero-order chi connectivity index (χ0) is 38.3. The number of carbonyl (C=O) groups excluding carboxylic acids is 6. The third-order valence-electron chi connectivity index (χ3n) is 8.03. The molecular formula is C38H67N3O11. The first-order chi connectivity index (χ1) is 25.0. The first-order valence-corrected chi connectivity index (χ1v) is 19.5. The lowest BCUT2D eigenvalue weighted by molar-refractivity contribution is -0.197. The van der Waals surface area contributed by atoms with E-state index in [0.29, 0.717) is 77.1 Å². The van der Waals surface area contributed by atoms with E-state index in [0.717, 1.165) is 32.1 Å². The topological polar surface area (TPSA) is 176 Å². The first kappa shape index (κ1) is 46.9.